The molecular weight excluding hydrogens is 256 g/mol. The number of hydrogen-bond acceptors (Lipinski definition) is 4. The molecule has 6 heteroatoms. The van der Waals surface area contributed by atoms with Gasteiger partial charge in [0.05, 0.1) is 5.69 Å². The molecule has 0 saturated carbocycles. The van der Waals surface area contributed by atoms with Gasteiger partial charge in [0, 0.05) is 19.6 Å². The Hall–Kier alpha value is -1.56. The van der Waals surface area contributed by atoms with E-state index in [4.69, 9.17) is 0 Å². The number of carbonyl (C=O) groups is 1. The summed E-state index contributed by atoms with van der Waals surface area (Å²) >= 11 is 0. The van der Waals surface area contributed by atoms with Gasteiger partial charge in [-0.15, -0.1) is 0 Å². The van der Waals surface area contributed by atoms with E-state index in [1.54, 1.807) is 18.7 Å². The van der Waals surface area contributed by atoms with Crippen LogP contribution in [0.2, 0.25) is 0 Å². The van der Waals surface area contributed by atoms with E-state index in [-0.39, 0.29) is 11.6 Å². The largest absolute Gasteiger partial charge is 0.477 e. The second-order valence-electron chi connectivity index (χ2n) is 5.97. The maximum Gasteiger partial charge on any atom is 0.341 e. The summed E-state index contributed by atoms with van der Waals surface area (Å²) in [6.45, 7) is 6.90. The summed E-state index contributed by atoms with van der Waals surface area (Å²) in [5, 5.41) is 16.9. The van der Waals surface area contributed by atoms with Crippen LogP contribution in [0.1, 0.15) is 36.3 Å². The Morgan fingerprint density at radius 3 is 2.50 bits per heavy atom. The van der Waals surface area contributed by atoms with Gasteiger partial charge in [0.2, 0.25) is 0 Å². The van der Waals surface area contributed by atoms with Crippen LogP contribution in [0, 0.1) is 12.8 Å². The number of nitrogens with one attached hydrogen (secondary N) is 1. The first-order valence-electron chi connectivity index (χ1n) is 6.90. The summed E-state index contributed by atoms with van der Waals surface area (Å²) in [4.78, 5) is 13.5. The molecule has 0 saturated heterocycles. The number of likely N-dealkylation sites (N-methyl/N-ethyl adjacent to an activating group) is 1. The summed E-state index contributed by atoms with van der Waals surface area (Å²) in [6, 6.07) is 0.193. The monoisotopic (exact) mass is 282 g/mol. The van der Waals surface area contributed by atoms with Crippen molar-refractivity contribution in [2.24, 2.45) is 13.0 Å². The van der Waals surface area contributed by atoms with Crippen molar-refractivity contribution in [3.05, 3.63) is 11.3 Å². The molecule has 2 N–H and O–H groups in total. The minimum absolute atomic E-state index is 0.193. The molecule has 0 spiro atoms. The standard InChI is InChI=1S/C14H26N4O2/c1-9(2)7-11(8-17(4)5)15-13-12(14(19)20)10(3)16-18(13)6/h9,11,15H,7-8H2,1-6H3,(H,19,20). The topological polar surface area (TPSA) is 70.4 Å². The minimum atomic E-state index is -0.939. The maximum atomic E-state index is 11.4. The molecule has 0 amide bonds. The van der Waals surface area contributed by atoms with Crippen LogP contribution < -0.4 is 5.32 Å². The van der Waals surface area contributed by atoms with Crippen LogP contribution >= 0.6 is 0 Å². The van der Waals surface area contributed by atoms with Gasteiger partial charge in [-0.1, -0.05) is 13.8 Å². The van der Waals surface area contributed by atoms with E-state index in [2.05, 4.69) is 29.2 Å². The van der Waals surface area contributed by atoms with Crippen LogP contribution in [0.4, 0.5) is 5.82 Å². The van der Waals surface area contributed by atoms with Crippen LogP contribution in [0.3, 0.4) is 0 Å². The fourth-order valence-corrected chi connectivity index (χ4v) is 2.46. The van der Waals surface area contributed by atoms with Crippen LogP contribution in [0.15, 0.2) is 0 Å². The Labute approximate surface area is 120 Å². The third kappa shape index (κ3) is 4.23. The van der Waals surface area contributed by atoms with E-state index in [0.717, 1.165) is 13.0 Å². The lowest BCUT2D eigenvalue weighted by Crippen LogP contribution is -2.34. The predicted molar refractivity (Wildman–Crippen MR) is 80.3 cm³/mol. The minimum Gasteiger partial charge on any atom is -0.477 e. The molecule has 1 heterocycles. The molecular formula is C14H26N4O2. The number of hydrogen-bond donors (Lipinski definition) is 2. The van der Waals surface area contributed by atoms with Crippen molar-refractivity contribution in [1.29, 1.82) is 0 Å². The van der Waals surface area contributed by atoms with Gasteiger partial charge >= 0.3 is 5.97 Å². The van der Waals surface area contributed by atoms with Crippen molar-refractivity contribution in [1.82, 2.24) is 14.7 Å². The highest BCUT2D eigenvalue weighted by molar-refractivity contribution is 5.94. The normalized spacial score (nSPS) is 13.0. The number of aryl methyl sites for hydroxylation is 2. The second kappa shape index (κ2) is 6.74. The highest BCUT2D eigenvalue weighted by Crippen LogP contribution is 2.21. The van der Waals surface area contributed by atoms with Crippen LogP contribution in [-0.4, -0.2) is 52.4 Å². The molecule has 0 aliphatic carbocycles. The van der Waals surface area contributed by atoms with E-state index < -0.39 is 5.97 Å². The first-order valence-corrected chi connectivity index (χ1v) is 6.90. The van der Waals surface area contributed by atoms with Crippen molar-refractivity contribution in [2.75, 3.05) is 26.0 Å². The number of nitrogens with zero attached hydrogens (tertiary/aromatic N) is 3. The second-order valence-corrected chi connectivity index (χ2v) is 5.97. The lowest BCUT2D eigenvalue weighted by molar-refractivity contribution is 0.0697. The number of anilines is 1. The highest BCUT2D eigenvalue weighted by atomic mass is 16.4. The first-order chi connectivity index (χ1) is 9.22. The van der Waals surface area contributed by atoms with E-state index in [1.807, 2.05) is 14.1 Å². The predicted octanol–water partition coefficient (Wildman–Crippen LogP) is 1.81. The van der Waals surface area contributed by atoms with Crippen LogP contribution in [-0.2, 0) is 7.05 Å². The van der Waals surface area contributed by atoms with Gasteiger partial charge in [-0.25, -0.2) is 4.79 Å². The molecule has 0 aliphatic rings. The molecule has 20 heavy (non-hydrogen) atoms. The Balaban J connectivity index is 3.01. The van der Waals surface area contributed by atoms with Crippen molar-refractivity contribution in [2.45, 2.75) is 33.2 Å². The fraction of sp³-hybridized carbons (Fsp3) is 0.714. The molecule has 6 nitrogen and oxygen atoms in total. The van der Waals surface area contributed by atoms with E-state index in [9.17, 15) is 9.90 Å². The molecule has 1 aromatic rings. The van der Waals surface area contributed by atoms with E-state index >= 15 is 0 Å². The number of aromatic nitrogens is 2. The third-order valence-electron chi connectivity index (χ3n) is 3.12. The molecule has 1 atom stereocenters. The first kappa shape index (κ1) is 16.5. The van der Waals surface area contributed by atoms with Gasteiger partial charge in [0.15, 0.2) is 0 Å². The Morgan fingerprint density at radius 1 is 1.45 bits per heavy atom. The Kier molecular flexibility index (Phi) is 5.56. The van der Waals surface area contributed by atoms with Crippen LogP contribution in [0.5, 0.6) is 0 Å². The van der Waals surface area contributed by atoms with Crippen molar-refractivity contribution in [3.63, 3.8) is 0 Å². The lowest BCUT2D eigenvalue weighted by atomic mass is 10.0. The molecule has 0 aliphatic heterocycles. The fourth-order valence-electron chi connectivity index (χ4n) is 2.46. The van der Waals surface area contributed by atoms with Crippen molar-refractivity contribution in [3.8, 4) is 0 Å². The van der Waals surface area contributed by atoms with Gasteiger partial charge in [-0.2, -0.15) is 5.10 Å². The smallest absolute Gasteiger partial charge is 0.341 e. The van der Waals surface area contributed by atoms with E-state index in [1.165, 1.54) is 0 Å². The zero-order valence-corrected chi connectivity index (χ0v) is 13.3. The average molecular weight is 282 g/mol. The molecule has 0 radical (unpaired) electrons. The average Bonchev–Trinajstić information content (AvgIpc) is 2.51. The van der Waals surface area contributed by atoms with Gasteiger partial charge < -0.3 is 15.3 Å². The Bertz CT molecular complexity index is 456. The van der Waals surface area contributed by atoms with E-state index in [0.29, 0.717) is 17.4 Å². The summed E-state index contributed by atoms with van der Waals surface area (Å²) < 4.78 is 1.61. The molecule has 1 aromatic heterocycles. The third-order valence-corrected chi connectivity index (χ3v) is 3.12. The molecule has 0 aromatic carbocycles. The van der Waals surface area contributed by atoms with Gasteiger partial charge in [0.1, 0.15) is 11.4 Å². The number of aromatic carboxylic acids is 1. The molecule has 0 fully saturated rings. The number of rotatable bonds is 7. The SMILES string of the molecule is Cc1nn(C)c(NC(CC(C)C)CN(C)C)c1C(=O)O. The molecule has 0 bridgehead atoms. The summed E-state index contributed by atoms with van der Waals surface area (Å²) in [6.07, 6.45) is 0.974. The summed E-state index contributed by atoms with van der Waals surface area (Å²) in [5.74, 6) is 0.184. The van der Waals surface area contributed by atoms with Crippen molar-refractivity contribution < 1.29 is 9.90 Å². The molecule has 1 unspecified atom stereocenters. The number of carboxylic acid groups (broad SMARTS) is 1. The zero-order chi connectivity index (χ0) is 15.4. The van der Waals surface area contributed by atoms with Gasteiger partial charge in [-0.05, 0) is 33.4 Å². The van der Waals surface area contributed by atoms with Gasteiger partial charge in [0.25, 0.3) is 0 Å². The molecule has 1 rings (SSSR count). The molecule has 114 valence electrons. The Morgan fingerprint density at radius 2 is 2.05 bits per heavy atom. The lowest BCUT2D eigenvalue weighted by Gasteiger charge is -2.25. The highest BCUT2D eigenvalue weighted by Gasteiger charge is 2.22. The van der Waals surface area contributed by atoms with Crippen molar-refractivity contribution >= 4 is 11.8 Å². The van der Waals surface area contributed by atoms with Gasteiger partial charge in [-0.3, -0.25) is 4.68 Å². The summed E-state index contributed by atoms with van der Waals surface area (Å²) in [5.41, 5.74) is 0.802. The summed E-state index contributed by atoms with van der Waals surface area (Å²) in [7, 11) is 5.80. The maximum absolute atomic E-state index is 11.4. The zero-order valence-electron chi connectivity index (χ0n) is 13.3. The van der Waals surface area contributed by atoms with Crippen LogP contribution in [0.25, 0.3) is 0 Å². The number of carboxylic acids is 1. The quantitative estimate of drug-likeness (QED) is 0.798.